The first-order chi connectivity index (χ1) is 8.15. The Kier molecular flexibility index (Phi) is 3.42. The van der Waals surface area contributed by atoms with Crippen LogP contribution in [0.5, 0.6) is 0 Å². The van der Waals surface area contributed by atoms with Gasteiger partial charge in [0.05, 0.1) is 0 Å². The summed E-state index contributed by atoms with van der Waals surface area (Å²) in [6, 6.07) is 5.83. The van der Waals surface area contributed by atoms with E-state index >= 15 is 0 Å². The predicted octanol–water partition coefficient (Wildman–Crippen LogP) is 2.92. The molecular formula is C13H16N2O2. The molecular weight excluding hydrogens is 216 g/mol. The van der Waals surface area contributed by atoms with Gasteiger partial charge in [-0.2, -0.15) is 0 Å². The molecule has 1 aromatic heterocycles. The first-order valence-corrected chi connectivity index (χ1v) is 5.75. The minimum atomic E-state index is 0.230. The molecule has 0 fully saturated rings. The second-order valence-electron chi connectivity index (χ2n) is 4.15. The summed E-state index contributed by atoms with van der Waals surface area (Å²) < 4.78 is 5.45. The summed E-state index contributed by atoms with van der Waals surface area (Å²) in [5.41, 5.74) is 2.66. The molecule has 0 bridgehead atoms. The van der Waals surface area contributed by atoms with Gasteiger partial charge in [-0.25, -0.2) is 4.98 Å². The number of nitrogens with zero attached hydrogens (tertiary/aromatic N) is 1. The van der Waals surface area contributed by atoms with E-state index in [0.29, 0.717) is 12.3 Å². The fourth-order valence-electron chi connectivity index (χ4n) is 1.72. The van der Waals surface area contributed by atoms with Gasteiger partial charge in [-0.1, -0.05) is 0 Å². The van der Waals surface area contributed by atoms with Crippen LogP contribution in [-0.4, -0.2) is 17.3 Å². The van der Waals surface area contributed by atoms with E-state index in [1.54, 1.807) is 6.92 Å². The molecule has 2 rings (SSSR count). The van der Waals surface area contributed by atoms with Crippen molar-refractivity contribution < 1.29 is 9.21 Å². The van der Waals surface area contributed by atoms with Crippen molar-refractivity contribution in [2.24, 2.45) is 0 Å². The summed E-state index contributed by atoms with van der Waals surface area (Å²) in [6.07, 6.45) is 1.47. The highest BCUT2D eigenvalue weighted by Crippen LogP contribution is 2.19. The molecule has 4 heteroatoms. The highest BCUT2D eigenvalue weighted by molar-refractivity contribution is 5.77. The van der Waals surface area contributed by atoms with Crippen molar-refractivity contribution >= 4 is 22.6 Å². The van der Waals surface area contributed by atoms with Crippen LogP contribution in [0.4, 0.5) is 5.69 Å². The average molecular weight is 232 g/mol. The summed E-state index contributed by atoms with van der Waals surface area (Å²) in [6.45, 7) is 4.24. The van der Waals surface area contributed by atoms with Crippen LogP contribution in [0.25, 0.3) is 11.1 Å². The molecule has 0 unspecified atom stereocenters. The normalized spacial score (nSPS) is 10.7. The van der Waals surface area contributed by atoms with E-state index in [9.17, 15) is 4.79 Å². The van der Waals surface area contributed by atoms with E-state index < -0.39 is 0 Å². The number of oxazole rings is 1. The number of nitrogens with one attached hydrogen (secondary N) is 1. The number of hydrogen-bond donors (Lipinski definition) is 1. The Hall–Kier alpha value is -1.84. The van der Waals surface area contributed by atoms with Crippen LogP contribution in [-0.2, 0) is 4.79 Å². The maximum atomic E-state index is 10.8. The van der Waals surface area contributed by atoms with Gasteiger partial charge in [0.1, 0.15) is 11.3 Å². The Labute approximate surface area is 100 Å². The number of aryl methyl sites for hydroxylation is 1. The number of hydrogen-bond acceptors (Lipinski definition) is 4. The van der Waals surface area contributed by atoms with Crippen LogP contribution in [0, 0.1) is 6.92 Å². The summed E-state index contributed by atoms with van der Waals surface area (Å²) in [7, 11) is 0. The van der Waals surface area contributed by atoms with Crippen molar-refractivity contribution in [2.45, 2.75) is 26.7 Å². The number of anilines is 1. The van der Waals surface area contributed by atoms with Gasteiger partial charge in [0.25, 0.3) is 0 Å². The molecule has 0 amide bonds. The number of carbonyl (C=O) groups is 1. The predicted molar refractivity (Wildman–Crippen MR) is 67.2 cm³/mol. The Balaban J connectivity index is 1.96. The van der Waals surface area contributed by atoms with Gasteiger partial charge in [-0.15, -0.1) is 0 Å². The third kappa shape index (κ3) is 3.06. The van der Waals surface area contributed by atoms with E-state index in [1.165, 1.54) is 0 Å². The Morgan fingerprint density at radius 1 is 1.47 bits per heavy atom. The van der Waals surface area contributed by atoms with E-state index in [1.807, 2.05) is 25.1 Å². The first-order valence-electron chi connectivity index (χ1n) is 5.75. The lowest BCUT2D eigenvalue weighted by Crippen LogP contribution is -2.03. The molecule has 4 nitrogen and oxygen atoms in total. The molecule has 0 aliphatic heterocycles. The van der Waals surface area contributed by atoms with Crippen molar-refractivity contribution in [1.29, 1.82) is 0 Å². The van der Waals surface area contributed by atoms with Crippen LogP contribution in [0.1, 0.15) is 25.7 Å². The number of rotatable bonds is 5. The van der Waals surface area contributed by atoms with Crippen LogP contribution in [0.15, 0.2) is 22.6 Å². The maximum Gasteiger partial charge on any atom is 0.192 e. The van der Waals surface area contributed by atoms with Gasteiger partial charge < -0.3 is 14.5 Å². The van der Waals surface area contributed by atoms with Gasteiger partial charge in [0.15, 0.2) is 11.5 Å². The smallest absolute Gasteiger partial charge is 0.192 e. The monoisotopic (exact) mass is 232 g/mol. The molecule has 1 aromatic carbocycles. The second-order valence-corrected chi connectivity index (χ2v) is 4.15. The third-order valence-electron chi connectivity index (χ3n) is 2.53. The van der Waals surface area contributed by atoms with Gasteiger partial charge >= 0.3 is 0 Å². The molecule has 90 valence electrons. The lowest BCUT2D eigenvalue weighted by Gasteiger charge is -2.04. The molecule has 0 saturated heterocycles. The molecule has 0 radical (unpaired) electrons. The van der Waals surface area contributed by atoms with Crippen molar-refractivity contribution in [3.8, 4) is 0 Å². The van der Waals surface area contributed by atoms with Gasteiger partial charge in [0, 0.05) is 31.6 Å². The minimum Gasteiger partial charge on any atom is -0.441 e. The minimum absolute atomic E-state index is 0.230. The molecule has 17 heavy (non-hydrogen) atoms. The van der Waals surface area contributed by atoms with E-state index in [-0.39, 0.29) is 5.78 Å². The second kappa shape index (κ2) is 4.99. The van der Waals surface area contributed by atoms with Crippen LogP contribution < -0.4 is 5.32 Å². The molecule has 1 N–H and O–H groups in total. The summed E-state index contributed by atoms with van der Waals surface area (Å²) in [4.78, 5) is 15.0. The van der Waals surface area contributed by atoms with Crippen molar-refractivity contribution in [2.75, 3.05) is 11.9 Å². The Morgan fingerprint density at radius 3 is 3.06 bits per heavy atom. The van der Waals surface area contributed by atoms with E-state index in [4.69, 9.17) is 4.42 Å². The molecule has 1 heterocycles. The molecule has 0 aliphatic carbocycles. The Morgan fingerprint density at radius 2 is 2.29 bits per heavy atom. The van der Waals surface area contributed by atoms with Crippen molar-refractivity contribution in [1.82, 2.24) is 4.98 Å². The summed E-state index contributed by atoms with van der Waals surface area (Å²) in [5.74, 6) is 0.904. The molecule has 0 atom stereocenters. The zero-order valence-corrected chi connectivity index (χ0v) is 10.1. The first kappa shape index (κ1) is 11.6. The van der Waals surface area contributed by atoms with Crippen LogP contribution in [0.2, 0.25) is 0 Å². The lowest BCUT2D eigenvalue weighted by atomic mass is 10.2. The molecule has 0 spiro atoms. The number of Topliss-reactive ketones (excluding diaryl/α,β-unsaturated/α-hetero) is 1. The highest BCUT2D eigenvalue weighted by atomic mass is 16.3. The van der Waals surface area contributed by atoms with E-state index in [2.05, 4.69) is 10.3 Å². The molecule has 2 aromatic rings. The zero-order chi connectivity index (χ0) is 12.3. The topological polar surface area (TPSA) is 55.1 Å². The van der Waals surface area contributed by atoms with Crippen LogP contribution in [0.3, 0.4) is 0 Å². The number of aromatic nitrogens is 1. The largest absolute Gasteiger partial charge is 0.441 e. The fraction of sp³-hybridized carbons (Fsp3) is 0.385. The van der Waals surface area contributed by atoms with Gasteiger partial charge in [-0.05, 0) is 25.5 Å². The van der Waals surface area contributed by atoms with Crippen LogP contribution >= 0.6 is 0 Å². The number of fused-ring (bicyclic) bond motifs is 1. The number of benzene rings is 1. The lowest BCUT2D eigenvalue weighted by molar-refractivity contribution is -0.117. The number of carbonyl (C=O) groups excluding carboxylic acids is 1. The number of ketones is 1. The van der Waals surface area contributed by atoms with Crippen molar-refractivity contribution in [3.63, 3.8) is 0 Å². The fourth-order valence-corrected chi connectivity index (χ4v) is 1.72. The third-order valence-corrected chi connectivity index (χ3v) is 2.53. The summed E-state index contributed by atoms with van der Waals surface area (Å²) >= 11 is 0. The quantitative estimate of drug-likeness (QED) is 0.805. The Bertz CT molecular complexity index is 531. The van der Waals surface area contributed by atoms with Crippen molar-refractivity contribution in [3.05, 3.63) is 24.1 Å². The standard InChI is InChI=1S/C13H16N2O2/c1-9(16)4-3-7-14-11-5-6-12-13(8-11)17-10(2)15-12/h5-6,8,14H,3-4,7H2,1-2H3. The average Bonchev–Trinajstić information content (AvgIpc) is 2.63. The summed E-state index contributed by atoms with van der Waals surface area (Å²) in [5, 5.41) is 3.26. The molecule has 0 aliphatic rings. The van der Waals surface area contributed by atoms with E-state index in [0.717, 1.165) is 29.8 Å². The zero-order valence-electron chi connectivity index (χ0n) is 10.1. The highest BCUT2D eigenvalue weighted by Gasteiger charge is 2.02. The SMILES string of the molecule is CC(=O)CCCNc1ccc2nc(C)oc2c1. The maximum absolute atomic E-state index is 10.8. The molecule has 0 saturated carbocycles. The van der Waals surface area contributed by atoms with Gasteiger partial charge in [0.2, 0.25) is 0 Å². The van der Waals surface area contributed by atoms with Gasteiger partial charge in [-0.3, -0.25) is 0 Å².